The molecule has 0 radical (unpaired) electrons. The number of alkyl halides is 2. The van der Waals surface area contributed by atoms with Crippen LogP contribution in [0, 0.1) is 0 Å². The number of carboxylic acids is 1. The molecule has 1 atom stereocenters. The van der Waals surface area contributed by atoms with Gasteiger partial charge in [0.15, 0.2) is 0 Å². The molecule has 64 valence electrons. The fourth-order valence-electron chi connectivity index (χ4n) is 0.771. The lowest BCUT2D eigenvalue weighted by molar-refractivity contribution is -0.144. The van der Waals surface area contributed by atoms with E-state index in [4.69, 9.17) is 5.11 Å². The highest BCUT2D eigenvalue weighted by molar-refractivity contribution is 9.10. The monoisotopic (exact) mass is 232 g/mol. The van der Waals surface area contributed by atoms with Crippen LogP contribution < -0.4 is 0 Å². The van der Waals surface area contributed by atoms with E-state index in [0.29, 0.717) is 0 Å². The standard InChI is InChI=1S/C8H6BrFO2/c9-8(10,7(11)12)6-4-2-1-3-5-6/h1-5H,(H,11,12)/t8-/m1/s1. The molecule has 0 aliphatic rings. The fourth-order valence-corrected chi connectivity index (χ4v) is 1.04. The van der Waals surface area contributed by atoms with Crippen LogP contribution in [0.5, 0.6) is 0 Å². The summed E-state index contributed by atoms with van der Waals surface area (Å²) < 4.78 is 10.8. The summed E-state index contributed by atoms with van der Waals surface area (Å²) in [5, 5.41) is 8.47. The molecule has 0 spiro atoms. The minimum Gasteiger partial charge on any atom is -0.478 e. The van der Waals surface area contributed by atoms with E-state index in [-0.39, 0.29) is 5.56 Å². The third kappa shape index (κ3) is 1.64. The predicted molar refractivity (Wildman–Crippen MR) is 45.8 cm³/mol. The van der Waals surface area contributed by atoms with Crippen LogP contribution in [0.3, 0.4) is 0 Å². The van der Waals surface area contributed by atoms with Crippen LogP contribution in [0.15, 0.2) is 30.3 Å². The smallest absolute Gasteiger partial charge is 0.357 e. The fraction of sp³-hybridized carbons (Fsp3) is 0.125. The van der Waals surface area contributed by atoms with Crippen molar-refractivity contribution in [3.63, 3.8) is 0 Å². The summed E-state index contributed by atoms with van der Waals surface area (Å²) in [5.41, 5.74) is 0.0810. The van der Waals surface area contributed by atoms with Gasteiger partial charge in [0.25, 0.3) is 4.58 Å². The third-order valence-corrected chi connectivity index (χ3v) is 2.20. The van der Waals surface area contributed by atoms with Gasteiger partial charge in [0.2, 0.25) is 0 Å². The summed E-state index contributed by atoms with van der Waals surface area (Å²) in [6.45, 7) is 0. The quantitative estimate of drug-likeness (QED) is 0.795. The Morgan fingerprint density at radius 2 is 1.92 bits per heavy atom. The molecule has 1 N–H and O–H groups in total. The Morgan fingerprint density at radius 1 is 1.42 bits per heavy atom. The molecular weight excluding hydrogens is 227 g/mol. The number of halogens is 2. The Labute approximate surface area is 77.2 Å². The molecule has 0 saturated carbocycles. The molecule has 0 unspecified atom stereocenters. The molecule has 0 bridgehead atoms. The lowest BCUT2D eigenvalue weighted by atomic mass is 10.1. The van der Waals surface area contributed by atoms with Gasteiger partial charge in [0.05, 0.1) is 0 Å². The van der Waals surface area contributed by atoms with E-state index in [1.165, 1.54) is 12.1 Å². The molecule has 0 aromatic heterocycles. The normalized spacial score (nSPS) is 15.2. The van der Waals surface area contributed by atoms with Crippen LogP contribution in [-0.2, 0) is 9.37 Å². The molecule has 0 heterocycles. The van der Waals surface area contributed by atoms with E-state index in [0.717, 1.165) is 0 Å². The Kier molecular flexibility index (Phi) is 2.47. The molecule has 0 aliphatic heterocycles. The Balaban J connectivity index is 3.06. The van der Waals surface area contributed by atoms with Gasteiger partial charge in [0, 0.05) is 5.56 Å². The van der Waals surface area contributed by atoms with Crippen LogP contribution in [0.1, 0.15) is 5.56 Å². The highest BCUT2D eigenvalue weighted by Crippen LogP contribution is 2.32. The van der Waals surface area contributed by atoms with Crippen LogP contribution in [-0.4, -0.2) is 11.1 Å². The summed E-state index contributed by atoms with van der Waals surface area (Å²) in [6, 6.07) is 7.65. The second-order valence-electron chi connectivity index (χ2n) is 2.25. The SMILES string of the molecule is O=C(O)[C@@](F)(Br)c1ccccc1. The van der Waals surface area contributed by atoms with Crippen molar-refractivity contribution >= 4 is 21.9 Å². The largest absolute Gasteiger partial charge is 0.478 e. The van der Waals surface area contributed by atoms with E-state index >= 15 is 0 Å². The second-order valence-corrected chi connectivity index (χ2v) is 3.34. The Hall–Kier alpha value is -0.900. The summed E-state index contributed by atoms with van der Waals surface area (Å²) in [7, 11) is 0. The maximum atomic E-state index is 13.3. The average Bonchev–Trinajstić information content (AvgIpc) is 2.06. The molecule has 0 amide bonds. The van der Waals surface area contributed by atoms with Gasteiger partial charge in [-0.3, -0.25) is 0 Å². The number of carboxylic acid groups (broad SMARTS) is 1. The number of rotatable bonds is 2. The molecule has 0 fully saturated rings. The van der Waals surface area contributed by atoms with Gasteiger partial charge in [-0.05, 0) is 15.9 Å². The third-order valence-electron chi connectivity index (χ3n) is 1.40. The first-order valence-corrected chi connectivity index (χ1v) is 4.01. The van der Waals surface area contributed by atoms with Gasteiger partial charge in [-0.25, -0.2) is 9.18 Å². The van der Waals surface area contributed by atoms with Crippen LogP contribution >= 0.6 is 15.9 Å². The van der Waals surface area contributed by atoms with Crippen molar-refractivity contribution in [2.24, 2.45) is 0 Å². The van der Waals surface area contributed by atoms with Crippen molar-refractivity contribution in [2.75, 3.05) is 0 Å². The zero-order valence-electron chi connectivity index (χ0n) is 6.00. The molecule has 1 rings (SSSR count). The Bertz CT molecular complexity index is 284. The van der Waals surface area contributed by atoms with Crippen molar-refractivity contribution in [1.82, 2.24) is 0 Å². The molecule has 1 aromatic rings. The van der Waals surface area contributed by atoms with Crippen molar-refractivity contribution in [3.05, 3.63) is 35.9 Å². The highest BCUT2D eigenvalue weighted by Gasteiger charge is 2.37. The molecule has 2 nitrogen and oxygen atoms in total. The number of hydrogen-bond donors (Lipinski definition) is 1. The minimum absolute atomic E-state index is 0.0810. The number of carbonyl (C=O) groups is 1. The van der Waals surface area contributed by atoms with Crippen molar-refractivity contribution in [1.29, 1.82) is 0 Å². The molecule has 0 saturated heterocycles. The van der Waals surface area contributed by atoms with Gasteiger partial charge >= 0.3 is 5.97 Å². The first kappa shape index (κ1) is 9.19. The van der Waals surface area contributed by atoms with E-state index in [1.807, 2.05) is 0 Å². The van der Waals surface area contributed by atoms with Crippen LogP contribution in [0.25, 0.3) is 0 Å². The molecule has 1 aromatic carbocycles. The van der Waals surface area contributed by atoms with Crippen molar-refractivity contribution in [2.45, 2.75) is 4.58 Å². The van der Waals surface area contributed by atoms with E-state index in [2.05, 4.69) is 15.9 Å². The molecular formula is C8H6BrFO2. The first-order chi connectivity index (χ1) is 5.55. The first-order valence-electron chi connectivity index (χ1n) is 3.22. The highest BCUT2D eigenvalue weighted by atomic mass is 79.9. The molecule has 0 aliphatic carbocycles. The molecule has 4 heteroatoms. The zero-order valence-corrected chi connectivity index (χ0v) is 7.58. The average molecular weight is 233 g/mol. The predicted octanol–water partition coefficient (Wildman–Crippen LogP) is 2.29. The summed E-state index contributed by atoms with van der Waals surface area (Å²) >= 11 is 2.49. The van der Waals surface area contributed by atoms with Gasteiger partial charge in [-0.2, -0.15) is 0 Å². The van der Waals surface area contributed by atoms with Crippen molar-refractivity contribution < 1.29 is 14.3 Å². The van der Waals surface area contributed by atoms with Gasteiger partial charge < -0.3 is 5.11 Å². The Morgan fingerprint density at radius 3 is 2.33 bits per heavy atom. The second kappa shape index (κ2) is 3.23. The van der Waals surface area contributed by atoms with Crippen LogP contribution in [0.2, 0.25) is 0 Å². The van der Waals surface area contributed by atoms with Gasteiger partial charge in [-0.15, -0.1) is 0 Å². The minimum atomic E-state index is -2.48. The van der Waals surface area contributed by atoms with Gasteiger partial charge in [-0.1, -0.05) is 30.3 Å². The lowest BCUT2D eigenvalue weighted by Crippen LogP contribution is -2.23. The summed E-state index contributed by atoms with van der Waals surface area (Å²) in [5.74, 6) is -1.55. The topological polar surface area (TPSA) is 37.3 Å². The summed E-state index contributed by atoms with van der Waals surface area (Å²) in [4.78, 5) is 10.4. The summed E-state index contributed by atoms with van der Waals surface area (Å²) in [6.07, 6.45) is 0. The van der Waals surface area contributed by atoms with Crippen LogP contribution in [0.4, 0.5) is 4.39 Å². The van der Waals surface area contributed by atoms with E-state index in [1.54, 1.807) is 18.2 Å². The van der Waals surface area contributed by atoms with E-state index in [9.17, 15) is 9.18 Å². The lowest BCUT2D eigenvalue weighted by Gasteiger charge is -2.12. The molecule has 12 heavy (non-hydrogen) atoms. The number of hydrogen-bond acceptors (Lipinski definition) is 1. The van der Waals surface area contributed by atoms with Gasteiger partial charge in [0.1, 0.15) is 0 Å². The zero-order chi connectivity index (χ0) is 9.19. The maximum Gasteiger partial charge on any atom is 0.357 e. The number of aliphatic carboxylic acids is 1. The van der Waals surface area contributed by atoms with Crippen molar-refractivity contribution in [3.8, 4) is 0 Å². The van der Waals surface area contributed by atoms with E-state index < -0.39 is 10.5 Å². The number of benzene rings is 1. The maximum absolute atomic E-state index is 13.3.